The molecule has 0 atom stereocenters. The Morgan fingerprint density at radius 2 is 2.14 bits per heavy atom. The van der Waals surface area contributed by atoms with E-state index in [1.54, 1.807) is 19.2 Å². The van der Waals surface area contributed by atoms with Gasteiger partial charge in [0.05, 0.1) is 34.8 Å². The fourth-order valence-electron chi connectivity index (χ4n) is 3.25. The zero-order chi connectivity index (χ0) is 20.4. The largest absolute Gasteiger partial charge is 0.383 e. The molecule has 7 nitrogen and oxygen atoms in total. The van der Waals surface area contributed by atoms with Crippen LogP contribution in [0, 0.1) is 0 Å². The minimum Gasteiger partial charge on any atom is -0.383 e. The molecule has 4 rings (SSSR count). The molecular weight excluding hydrogens is 412 g/mol. The second-order valence-corrected chi connectivity index (χ2v) is 7.88. The summed E-state index contributed by atoms with van der Waals surface area (Å²) in [5.74, 6) is -0.198. The lowest BCUT2D eigenvalue weighted by Gasteiger charge is -2.29. The first kappa shape index (κ1) is 19.8. The average Bonchev–Trinajstić information content (AvgIpc) is 3.06. The number of fused-ring (bicyclic) bond motifs is 2. The minimum absolute atomic E-state index is 0.00606. The molecule has 0 bridgehead atoms. The number of benzene rings is 2. The van der Waals surface area contributed by atoms with Gasteiger partial charge in [0.2, 0.25) is 11.8 Å². The predicted octanol–water partition coefficient (Wildman–Crippen LogP) is 3.41. The van der Waals surface area contributed by atoms with Crippen molar-refractivity contribution in [1.82, 2.24) is 9.55 Å². The van der Waals surface area contributed by atoms with Crippen molar-refractivity contribution in [1.29, 1.82) is 0 Å². The van der Waals surface area contributed by atoms with Crippen molar-refractivity contribution in [3.8, 4) is 0 Å². The van der Waals surface area contributed by atoms with E-state index in [-0.39, 0.29) is 24.1 Å². The number of hydrogen-bond donors (Lipinski definition) is 1. The molecule has 0 saturated heterocycles. The van der Waals surface area contributed by atoms with E-state index in [2.05, 4.69) is 10.3 Å². The number of methoxy groups -OCH3 is 1. The Labute approximate surface area is 177 Å². The first-order chi connectivity index (χ1) is 14.1. The number of ether oxygens (including phenoxy) is 1. The van der Waals surface area contributed by atoms with Crippen LogP contribution in [0.1, 0.15) is 0 Å². The highest BCUT2D eigenvalue weighted by Crippen LogP contribution is 2.31. The summed E-state index contributed by atoms with van der Waals surface area (Å²) in [7, 11) is 1.64. The highest BCUT2D eigenvalue weighted by Gasteiger charge is 2.27. The molecule has 150 valence electrons. The molecule has 1 aliphatic heterocycles. The van der Waals surface area contributed by atoms with E-state index >= 15 is 0 Å². The van der Waals surface area contributed by atoms with E-state index in [0.717, 1.165) is 11.0 Å². The SMILES string of the molecule is COCCn1c(SCC(=O)N2CC(=O)Nc3ccccc32)nc2cc(Cl)ccc21. The summed E-state index contributed by atoms with van der Waals surface area (Å²) in [6.45, 7) is 1.14. The van der Waals surface area contributed by atoms with Gasteiger partial charge in [0.1, 0.15) is 6.54 Å². The van der Waals surface area contributed by atoms with E-state index in [0.29, 0.717) is 34.7 Å². The van der Waals surface area contributed by atoms with E-state index in [1.165, 1.54) is 16.7 Å². The normalized spacial score (nSPS) is 13.4. The predicted molar refractivity (Wildman–Crippen MR) is 115 cm³/mol. The maximum absolute atomic E-state index is 12.9. The van der Waals surface area contributed by atoms with Gasteiger partial charge in [0, 0.05) is 18.7 Å². The van der Waals surface area contributed by atoms with Gasteiger partial charge >= 0.3 is 0 Å². The highest BCUT2D eigenvalue weighted by molar-refractivity contribution is 7.99. The van der Waals surface area contributed by atoms with Crippen LogP contribution in [0.2, 0.25) is 5.02 Å². The quantitative estimate of drug-likeness (QED) is 0.606. The van der Waals surface area contributed by atoms with E-state index in [1.807, 2.05) is 34.9 Å². The number of para-hydroxylation sites is 2. The molecule has 0 saturated carbocycles. The number of imidazole rings is 1. The first-order valence-corrected chi connectivity index (χ1v) is 10.4. The molecule has 2 aromatic carbocycles. The van der Waals surface area contributed by atoms with Crippen molar-refractivity contribution in [3.63, 3.8) is 0 Å². The first-order valence-electron chi connectivity index (χ1n) is 9.03. The molecule has 0 fully saturated rings. The third kappa shape index (κ3) is 4.10. The van der Waals surface area contributed by atoms with Crippen molar-refractivity contribution < 1.29 is 14.3 Å². The second-order valence-electron chi connectivity index (χ2n) is 6.51. The van der Waals surface area contributed by atoms with Gasteiger partial charge in [-0.05, 0) is 30.3 Å². The molecule has 1 aliphatic rings. The molecule has 2 amide bonds. The maximum atomic E-state index is 12.9. The van der Waals surface area contributed by atoms with Crippen molar-refractivity contribution in [2.75, 3.05) is 36.2 Å². The molecule has 1 N–H and O–H groups in total. The Morgan fingerprint density at radius 1 is 1.31 bits per heavy atom. The summed E-state index contributed by atoms with van der Waals surface area (Å²) in [5.41, 5.74) is 3.05. The van der Waals surface area contributed by atoms with Gasteiger partial charge in [0.15, 0.2) is 5.16 Å². The Balaban J connectivity index is 1.56. The number of halogens is 1. The summed E-state index contributed by atoms with van der Waals surface area (Å²) >= 11 is 7.43. The molecule has 0 spiro atoms. The van der Waals surface area contributed by atoms with Crippen LogP contribution in [0.25, 0.3) is 11.0 Å². The Bertz CT molecular complexity index is 1080. The summed E-state index contributed by atoms with van der Waals surface area (Å²) in [6.07, 6.45) is 0. The Morgan fingerprint density at radius 3 is 2.97 bits per heavy atom. The number of nitrogens with one attached hydrogen (secondary N) is 1. The average molecular weight is 431 g/mol. The number of hydrogen-bond acceptors (Lipinski definition) is 5. The Hall–Kier alpha value is -2.55. The van der Waals surface area contributed by atoms with Gasteiger partial charge in [-0.25, -0.2) is 4.98 Å². The standard InChI is InChI=1S/C20H19ClN4O3S/c1-28-9-8-24-17-7-6-13(21)10-15(17)23-20(24)29-12-19(27)25-11-18(26)22-14-4-2-3-5-16(14)25/h2-7,10H,8-9,11-12H2,1H3,(H,22,26). The summed E-state index contributed by atoms with van der Waals surface area (Å²) in [6, 6.07) is 12.8. The molecule has 0 aliphatic carbocycles. The molecule has 2 heterocycles. The van der Waals surface area contributed by atoms with Gasteiger partial charge < -0.3 is 19.5 Å². The van der Waals surface area contributed by atoms with Crippen molar-refractivity contribution in [3.05, 3.63) is 47.5 Å². The van der Waals surface area contributed by atoms with Crippen molar-refractivity contribution in [2.24, 2.45) is 0 Å². The van der Waals surface area contributed by atoms with Gasteiger partial charge in [-0.1, -0.05) is 35.5 Å². The van der Waals surface area contributed by atoms with Gasteiger partial charge in [-0.3, -0.25) is 9.59 Å². The van der Waals surface area contributed by atoms with E-state index < -0.39 is 0 Å². The van der Waals surface area contributed by atoms with Crippen LogP contribution in [0.4, 0.5) is 11.4 Å². The van der Waals surface area contributed by atoms with Crippen LogP contribution >= 0.6 is 23.4 Å². The third-order valence-corrected chi connectivity index (χ3v) is 5.79. The monoisotopic (exact) mass is 430 g/mol. The number of anilines is 2. The lowest BCUT2D eigenvalue weighted by molar-refractivity contribution is -0.120. The van der Waals surface area contributed by atoms with Crippen LogP contribution in [-0.2, 0) is 20.9 Å². The van der Waals surface area contributed by atoms with Crippen LogP contribution in [0.15, 0.2) is 47.6 Å². The molecule has 9 heteroatoms. The number of amides is 2. The molecule has 3 aromatic rings. The number of nitrogens with zero attached hydrogens (tertiary/aromatic N) is 3. The molecular formula is C20H19ClN4O3S. The fourth-order valence-corrected chi connectivity index (χ4v) is 4.33. The summed E-state index contributed by atoms with van der Waals surface area (Å²) < 4.78 is 7.23. The zero-order valence-corrected chi connectivity index (χ0v) is 17.3. The third-order valence-electron chi connectivity index (χ3n) is 4.59. The van der Waals surface area contributed by atoms with Gasteiger partial charge in [-0.15, -0.1) is 0 Å². The highest BCUT2D eigenvalue weighted by atomic mass is 35.5. The Kier molecular flexibility index (Phi) is 5.75. The molecule has 29 heavy (non-hydrogen) atoms. The number of carbonyl (C=O) groups excluding carboxylic acids is 2. The summed E-state index contributed by atoms with van der Waals surface area (Å²) in [5, 5.41) is 4.11. The molecule has 1 aromatic heterocycles. The van der Waals surface area contributed by atoms with Gasteiger partial charge in [-0.2, -0.15) is 0 Å². The number of aromatic nitrogens is 2. The van der Waals surface area contributed by atoms with E-state index in [4.69, 9.17) is 16.3 Å². The van der Waals surface area contributed by atoms with Crippen LogP contribution in [0.3, 0.4) is 0 Å². The van der Waals surface area contributed by atoms with Crippen LogP contribution in [0.5, 0.6) is 0 Å². The molecule has 0 radical (unpaired) electrons. The van der Waals surface area contributed by atoms with Gasteiger partial charge in [0.25, 0.3) is 0 Å². The van der Waals surface area contributed by atoms with Crippen molar-refractivity contribution >= 4 is 57.6 Å². The maximum Gasteiger partial charge on any atom is 0.244 e. The number of carbonyl (C=O) groups is 2. The number of rotatable bonds is 6. The van der Waals surface area contributed by atoms with Crippen LogP contribution in [-0.4, -0.2) is 47.4 Å². The lowest BCUT2D eigenvalue weighted by Crippen LogP contribution is -2.43. The minimum atomic E-state index is -0.205. The zero-order valence-electron chi connectivity index (χ0n) is 15.7. The smallest absolute Gasteiger partial charge is 0.244 e. The number of thioether (sulfide) groups is 1. The lowest BCUT2D eigenvalue weighted by atomic mass is 10.2. The van der Waals surface area contributed by atoms with E-state index in [9.17, 15) is 9.59 Å². The fraction of sp³-hybridized carbons (Fsp3) is 0.250. The topological polar surface area (TPSA) is 76.5 Å². The molecule has 0 unspecified atom stereocenters. The summed E-state index contributed by atoms with van der Waals surface area (Å²) in [4.78, 5) is 31.1. The second kappa shape index (κ2) is 8.44. The van der Waals surface area contributed by atoms with Crippen molar-refractivity contribution in [2.45, 2.75) is 11.7 Å². The van der Waals surface area contributed by atoms with Crippen LogP contribution < -0.4 is 10.2 Å².